The average molecular weight is 341 g/mol. The normalized spacial score (nSPS) is 23.0. The Labute approximate surface area is 147 Å². The number of carbonyl (C=O) groups is 1. The third-order valence-electron chi connectivity index (χ3n) is 5.07. The third-order valence-corrected chi connectivity index (χ3v) is 5.07. The molecule has 0 N–H and O–H groups in total. The number of ether oxygens (including phenoxy) is 2. The molecular weight excluding hydrogens is 318 g/mol. The van der Waals surface area contributed by atoms with Crippen LogP contribution >= 0.6 is 0 Å². The lowest BCUT2D eigenvalue weighted by Crippen LogP contribution is -2.36. The van der Waals surface area contributed by atoms with Gasteiger partial charge in [-0.3, -0.25) is 9.69 Å². The minimum Gasteiger partial charge on any atom is -0.492 e. The number of benzene rings is 1. The predicted octanol–water partition coefficient (Wildman–Crippen LogP) is 3.04. The van der Waals surface area contributed by atoms with Gasteiger partial charge < -0.3 is 13.9 Å². The maximum atomic E-state index is 12.4. The molecule has 0 aliphatic carbocycles. The van der Waals surface area contributed by atoms with E-state index in [9.17, 15) is 4.79 Å². The molecule has 0 amide bonds. The van der Waals surface area contributed by atoms with Gasteiger partial charge in [0.1, 0.15) is 24.7 Å². The highest BCUT2D eigenvalue weighted by molar-refractivity contribution is 5.73. The summed E-state index contributed by atoms with van der Waals surface area (Å²) in [5, 5.41) is 0. The first-order chi connectivity index (χ1) is 12.3. The molecule has 132 valence electrons. The van der Waals surface area contributed by atoms with Gasteiger partial charge in [-0.1, -0.05) is 18.2 Å². The van der Waals surface area contributed by atoms with Crippen molar-refractivity contribution in [2.75, 3.05) is 19.8 Å². The number of para-hydroxylation sites is 1. The molecule has 0 spiro atoms. The molecule has 3 heterocycles. The minimum atomic E-state index is -0.213. The van der Waals surface area contributed by atoms with Crippen molar-refractivity contribution in [1.82, 2.24) is 4.90 Å². The summed E-state index contributed by atoms with van der Waals surface area (Å²) in [7, 11) is 0. The first-order valence-electron chi connectivity index (χ1n) is 8.93. The smallest absolute Gasteiger partial charge is 0.312 e. The fraction of sp³-hybridized carbons (Fsp3) is 0.450. The third kappa shape index (κ3) is 3.71. The quantitative estimate of drug-likeness (QED) is 0.783. The van der Waals surface area contributed by atoms with Gasteiger partial charge in [0.05, 0.1) is 18.7 Å². The molecule has 2 atom stereocenters. The van der Waals surface area contributed by atoms with Crippen molar-refractivity contribution >= 4 is 5.97 Å². The highest BCUT2D eigenvalue weighted by atomic mass is 16.5. The average Bonchev–Trinajstić information content (AvgIpc) is 3.32. The van der Waals surface area contributed by atoms with Crippen molar-refractivity contribution in [1.29, 1.82) is 0 Å². The van der Waals surface area contributed by atoms with E-state index in [-0.39, 0.29) is 17.9 Å². The second-order valence-electron chi connectivity index (χ2n) is 6.80. The lowest BCUT2D eigenvalue weighted by molar-refractivity contribution is -0.151. The summed E-state index contributed by atoms with van der Waals surface area (Å²) in [5.74, 6) is 1.47. The molecule has 25 heavy (non-hydrogen) atoms. The van der Waals surface area contributed by atoms with Gasteiger partial charge in [-0.15, -0.1) is 0 Å². The summed E-state index contributed by atoms with van der Waals surface area (Å²) in [4.78, 5) is 14.8. The number of hydrogen-bond donors (Lipinski definition) is 0. The lowest BCUT2D eigenvalue weighted by atomic mass is 9.97. The zero-order valence-electron chi connectivity index (χ0n) is 14.2. The van der Waals surface area contributed by atoms with Crippen LogP contribution in [0.5, 0.6) is 5.75 Å². The van der Waals surface area contributed by atoms with Crippen molar-refractivity contribution in [2.45, 2.75) is 31.8 Å². The Bertz CT molecular complexity index is 712. The van der Waals surface area contributed by atoms with Gasteiger partial charge in [0, 0.05) is 6.04 Å². The maximum Gasteiger partial charge on any atom is 0.312 e. The van der Waals surface area contributed by atoms with Crippen LogP contribution < -0.4 is 4.74 Å². The summed E-state index contributed by atoms with van der Waals surface area (Å²) in [5.41, 5.74) is 1.08. The van der Waals surface area contributed by atoms with Crippen molar-refractivity contribution in [3.63, 3.8) is 0 Å². The number of hydrogen-bond acceptors (Lipinski definition) is 5. The molecule has 1 aromatic carbocycles. The van der Waals surface area contributed by atoms with Crippen LogP contribution in [0, 0.1) is 5.92 Å². The van der Waals surface area contributed by atoms with E-state index in [1.54, 1.807) is 6.26 Å². The van der Waals surface area contributed by atoms with Crippen LogP contribution in [0.3, 0.4) is 0 Å². The second-order valence-corrected chi connectivity index (χ2v) is 6.80. The van der Waals surface area contributed by atoms with Crippen LogP contribution in [0.2, 0.25) is 0 Å². The van der Waals surface area contributed by atoms with Crippen molar-refractivity contribution in [3.8, 4) is 5.75 Å². The molecule has 5 nitrogen and oxygen atoms in total. The van der Waals surface area contributed by atoms with Gasteiger partial charge in [0.2, 0.25) is 0 Å². The summed E-state index contributed by atoms with van der Waals surface area (Å²) in [6, 6.07) is 12.0. The van der Waals surface area contributed by atoms with Gasteiger partial charge in [-0.2, -0.15) is 0 Å². The van der Waals surface area contributed by atoms with E-state index in [1.807, 2.05) is 36.4 Å². The van der Waals surface area contributed by atoms with E-state index in [1.165, 1.54) is 0 Å². The number of likely N-dealkylation sites (tertiary alicyclic amines) is 1. The van der Waals surface area contributed by atoms with Gasteiger partial charge in [0.25, 0.3) is 0 Å². The zero-order valence-corrected chi connectivity index (χ0v) is 14.2. The highest BCUT2D eigenvalue weighted by Crippen LogP contribution is 2.28. The van der Waals surface area contributed by atoms with Crippen LogP contribution in [0.15, 0.2) is 47.1 Å². The molecule has 5 heteroatoms. The van der Waals surface area contributed by atoms with Gasteiger partial charge in [-0.05, 0) is 49.6 Å². The van der Waals surface area contributed by atoms with E-state index in [0.29, 0.717) is 19.6 Å². The Morgan fingerprint density at radius 1 is 1.24 bits per heavy atom. The number of rotatable bonds is 5. The molecule has 0 radical (unpaired) electrons. The summed E-state index contributed by atoms with van der Waals surface area (Å²) >= 11 is 0. The first kappa shape index (κ1) is 16.2. The van der Waals surface area contributed by atoms with Crippen LogP contribution in [-0.2, 0) is 22.5 Å². The predicted molar refractivity (Wildman–Crippen MR) is 92.2 cm³/mol. The van der Waals surface area contributed by atoms with Crippen molar-refractivity contribution < 1.29 is 18.7 Å². The molecule has 1 fully saturated rings. The fourth-order valence-corrected chi connectivity index (χ4v) is 3.67. The summed E-state index contributed by atoms with van der Waals surface area (Å²) in [6.45, 7) is 2.63. The highest BCUT2D eigenvalue weighted by Gasteiger charge is 2.30. The van der Waals surface area contributed by atoms with E-state index in [2.05, 4.69) is 4.90 Å². The molecule has 2 aliphatic heterocycles. The molecule has 4 rings (SSSR count). The number of esters is 1. The molecular formula is C20H23NO4. The second kappa shape index (κ2) is 7.31. The number of furan rings is 1. The molecule has 1 saturated heterocycles. The van der Waals surface area contributed by atoms with Gasteiger partial charge in [-0.25, -0.2) is 0 Å². The van der Waals surface area contributed by atoms with Crippen molar-refractivity contribution in [2.24, 2.45) is 5.92 Å². The van der Waals surface area contributed by atoms with Crippen LogP contribution in [0.4, 0.5) is 0 Å². The Morgan fingerprint density at radius 2 is 2.16 bits per heavy atom. The van der Waals surface area contributed by atoms with Crippen molar-refractivity contribution in [3.05, 3.63) is 54.0 Å². The zero-order chi connectivity index (χ0) is 17.1. The number of fused-ring (bicyclic) bond motifs is 1. The minimum absolute atomic E-state index is 0.153. The lowest BCUT2D eigenvalue weighted by Gasteiger charge is -2.26. The topological polar surface area (TPSA) is 51.9 Å². The van der Waals surface area contributed by atoms with Crippen LogP contribution in [0.25, 0.3) is 0 Å². The van der Waals surface area contributed by atoms with E-state index < -0.39 is 0 Å². The van der Waals surface area contributed by atoms with Gasteiger partial charge >= 0.3 is 5.97 Å². The van der Waals surface area contributed by atoms with Crippen LogP contribution in [0.1, 0.15) is 24.2 Å². The molecule has 2 aliphatic rings. The molecule has 1 aromatic heterocycles. The largest absolute Gasteiger partial charge is 0.492 e. The first-order valence-corrected chi connectivity index (χ1v) is 8.93. The van der Waals surface area contributed by atoms with E-state index in [0.717, 1.165) is 43.0 Å². The Balaban J connectivity index is 1.30. The number of carbonyl (C=O) groups excluding carboxylic acids is 1. The van der Waals surface area contributed by atoms with E-state index in [4.69, 9.17) is 13.9 Å². The Kier molecular flexibility index (Phi) is 4.74. The Hall–Kier alpha value is -2.27. The molecule has 0 saturated carbocycles. The van der Waals surface area contributed by atoms with Gasteiger partial charge in [0.15, 0.2) is 0 Å². The summed E-state index contributed by atoms with van der Waals surface area (Å²) < 4.78 is 16.8. The number of nitrogens with zero attached hydrogens (tertiary/aromatic N) is 1. The SMILES string of the molecule is O=C(OC[C@H]1CCCN1Cc1ccco1)[C@H]1COc2ccccc2C1. The van der Waals surface area contributed by atoms with E-state index >= 15 is 0 Å². The standard InChI is InChI=1S/C20H23NO4/c22-20(16-11-15-5-1-2-8-19(15)24-13-16)25-14-17-6-3-9-21(17)12-18-7-4-10-23-18/h1-2,4-5,7-8,10,16-17H,3,6,9,11-14H2/t16-,17-/m1/s1. The monoisotopic (exact) mass is 341 g/mol. The maximum absolute atomic E-state index is 12.4. The molecule has 0 bridgehead atoms. The molecule has 0 unspecified atom stereocenters. The van der Waals surface area contributed by atoms with Crippen LogP contribution in [-0.4, -0.2) is 36.7 Å². The fourth-order valence-electron chi connectivity index (χ4n) is 3.67. The Morgan fingerprint density at radius 3 is 3.04 bits per heavy atom. The molecule has 2 aromatic rings. The summed E-state index contributed by atoms with van der Waals surface area (Å²) in [6.07, 6.45) is 4.57.